The van der Waals surface area contributed by atoms with Crippen LogP contribution in [-0.4, -0.2) is 17.6 Å². The highest BCUT2D eigenvalue weighted by Crippen LogP contribution is 2.18. The van der Waals surface area contributed by atoms with Crippen LogP contribution < -0.4 is 5.43 Å². The molecule has 0 saturated carbocycles. The van der Waals surface area contributed by atoms with E-state index in [-0.39, 0.29) is 11.8 Å². The lowest BCUT2D eigenvalue weighted by Gasteiger charge is -2.05. The van der Waals surface area contributed by atoms with Crippen LogP contribution >= 0.6 is 11.6 Å². The van der Waals surface area contributed by atoms with E-state index < -0.39 is 29.0 Å². The van der Waals surface area contributed by atoms with Crippen molar-refractivity contribution in [3.05, 3.63) is 32.7 Å². The molecule has 1 aromatic rings. The Hall–Kier alpha value is -1.43. The molecule has 1 N–H and O–H groups in total. The molecule has 0 aliphatic carbocycles. The number of hydrogen-bond acceptors (Lipinski definition) is 3. The summed E-state index contributed by atoms with van der Waals surface area (Å²) in [5.41, 5.74) is -2.52. The second kappa shape index (κ2) is 5.07. The number of alkyl halides is 2. The van der Waals surface area contributed by atoms with Gasteiger partial charge in [0.15, 0.2) is 0 Å². The van der Waals surface area contributed by atoms with Gasteiger partial charge in [0.05, 0.1) is 12.2 Å². The Kier molecular flexibility index (Phi) is 4.00. The Morgan fingerprint density at radius 2 is 2.25 bits per heavy atom. The third-order valence-electron chi connectivity index (χ3n) is 1.78. The van der Waals surface area contributed by atoms with E-state index in [1.165, 1.54) is 6.92 Å². The monoisotopic (exact) mass is 251 g/mol. The van der Waals surface area contributed by atoms with Gasteiger partial charge in [0, 0.05) is 6.20 Å². The van der Waals surface area contributed by atoms with Gasteiger partial charge in [0.1, 0.15) is 10.7 Å². The summed E-state index contributed by atoms with van der Waals surface area (Å²) in [5.74, 6) is -1.02. The molecule has 4 nitrogen and oxygen atoms in total. The van der Waals surface area contributed by atoms with Crippen LogP contribution in [0.1, 0.15) is 29.3 Å². The number of carbonyl (C=O) groups excluding carboxylic acids is 1. The van der Waals surface area contributed by atoms with Gasteiger partial charge in [-0.2, -0.15) is 0 Å². The molecule has 0 radical (unpaired) electrons. The highest BCUT2D eigenvalue weighted by Gasteiger charge is 2.22. The molecule has 0 aromatic carbocycles. The maximum absolute atomic E-state index is 12.4. The average molecular weight is 252 g/mol. The third kappa shape index (κ3) is 2.38. The van der Waals surface area contributed by atoms with Crippen molar-refractivity contribution in [2.24, 2.45) is 0 Å². The van der Waals surface area contributed by atoms with Crippen LogP contribution in [0.5, 0.6) is 0 Å². The Bertz CT molecular complexity index is 459. The molecular weight excluding hydrogens is 244 g/mol. The van der Waals surface area contributed by atoms with Gasteiger partial charge in [-0.05, 0) is 6.92 Å². The first kappa shape index (κ1) is 12.6. The maximum atomic E-state index is 12.4. The normalized spacial score (nSPS) is 10.6. The molecule has 0 aliphatic rings. The number of pyridine rings is 1. The van der Waals surface area contributed by atoms with Gasteiger partial charge in [-0.25, -0.2) is 13.6 Å². The van der Waals surface area contributed by atoms with Gasteiger partial charge in [-0.1, -0.05) is 11.6 Å². The molecule has 1 aromatic heterocycles. The van der Waals surface area contributed by atoms with Gasteiger partial charge >= 0.3 is 5.97 Å². The molecule has 1 rings (SSSR count). The summed E-state index contributed by atoms with van der Waals surface area (Å²) >= 11 is 5.54. The van der Waals surface area contributed by atoms with E-state index in [0.717, 1.165) is 6.20 Å². The fourth-order valence-corrected chi connectivity index (χ4v) is 1.29. The van der Waals surface area contributed by atoms with Crippen LogP contribution in [0.4, 0.5) is 8.78 Å². The lowest BCUT2D eigenvalue weighted by Crippen LogP contribution is -2.22. The lowest BCUT2D eigenvalue weighted by atomic mass is 10.2. The van der Waals surface area contributed by atoms with Crippen molar-refractivity contribution in [2.75, 3.05) is 6.61 Å². The summed E-state index contributed by atoms with van der Waals surface area (Å²) in [6, 6.07) is 0. The number of aromatic nitrogens is 1. The second-order valence-corrected chi connectivity index (χ2v) is 3.16. The van der Waals surface area contributed by atoms with Gasteiger partial charge in [0.25, 0.3) is 6.43 Å². The molecule has 7 heteroatoms. The van der Waals surface area contributed by atoms with Crippen molar-refractivity contribution in [3.8, 4) is 0 Å². The van der Waals surface area contributed by atoms with Gasteiger partial charge in [-0.3, -0.25) is 4.79 Å². The molecule has 0 saturated heterocycles. The number of hydrogen-bond donors (Lipinski definition) is 1. The van der Waals surface area contributed by atoms with Crippen molar-refractivity contribution in [1.82, 2.24) is 4.98 Å². The predicted octanol–water partition coefficient (Wildman–Crippen LogP) is 2.14. The fraction of sp³-hybridized carbons (Fsp3) is 0.333. The average Bonchev–Trinajstić information content (AvgIpc) is 2.17. The number of ether oxygens (including phenoxy) is 1. The summed E-state index contributed by atoms with van der Waals surface area (Å²) in [5, 5.41) is -0.312. The lowest BCUT2D eigenvalue weighted by molar-refractivity contribution is 0.0524. The first-order chi connectivity index (χ1) is 7.49. The molecule has 0 spiro atoms. The number of rotatable bonds is 3. The van der Waals surface area contributed by atoms with Crippen molar-refractivity contribution >= 4 is 17.6 Å². The van der Waals surface area contributed by atoms with Crippen molar-refractivity contribution < 1.29 is 18.3 Å². The fourth-order valence-electron chi connectivity index (χ4n) is 1.07. The molecule has 88 valence electrons. The zero-order valence-corrected chi connectivity index (χ0v) is 8.98. The molecule has 0 unspecified atom stereocenters. The van der Waals surface area contributed by atoms with E-state index in [1.54, 1.807) is 0 Å². The first-order valence-electron chi connectivity index (χ1n) is 4.35. The minimum absolute atomic E-state index is 0.0213. The zero-order chi connectivity index (χ0) is 12.3. The number of halogens is 3. The predicted molar refractivity (Wildman–Crippen MR) is 53.0 cm³/mol. The highest BCUT2D eigenvalue weighted by molar-refractivity contribution is 6.32. The number of esters is 1. The Balaban J connectivity index is 3.32. The van der Waals surface area contributed by atoms with Crippen molar-refractivity contribution in [3.63, 3.8) is 0 Å². The summed E-state index contributed by atoms with van der Waals surface area (Å²) < 4.78 is 29.3. The first-order valence-corrected chi connectivity index (χ1v) is 4.73. The van der Waals surface area contributed by atoms with E-state index >= 15 is 0 Å². The summed E-state index contributed by atoms with van der Waals surface area (Å²) in [7, 11) is 0. The number of nitrogens with one attached hydrogen (secondary N) is 1. The smallest absolute Gasteiger partial charge is 0.345 e. The summed E-state index contributed by atoms with van der Waals surface area (Å²) in [6.45, 7) is 1.55. The van der Waals surface area contributed by atoms with Crippen LogP contribution in [-0.2, 0) is 4.74 Å². The zero-order valence-electron chi connectivity index (χ0n) is 8.22. The van der Waals surface area contributed by atoms with Crippen LogP contribution in [0.15, 0.2) is 11.0 Å². The van der Waals surface area contributed by atoms with Gasteiger partial charge < -0.3 is 9.72 Å². The number of H-pyrrole nitrogens is 1. The third-order valence-corrected chi connectivity index (χ3v) is 2.08. The van der Waals surface area contributed by atoms with Gasteiger partial charge in [-0.15, -0.1) is 0 Å². The van der Waals surface area contributed by atoms with Crippen molar-refractivity contribution in [2.45, 2.75) is 13.3 Å². The Labute approximate surface area is 94.2 Å². The molecule has 0 bridgehead atoms. The van der Waals surface area contributed by atoms with E-state index in [4.69, 9.17) is 11.6 Å². The second-order valence-electron chi connectivity index (χ2n) is 2.78. The van der Waals surface area contributed by atoms with E-state index in [0.29, 0.717) is 0 Å². The van der Waals surface area contributed by atoms with Crippen LogP contribution in [0.3, 0.4) is 0 Å². The van der Waals surface area contributed by atoms with E-state index in [1.807, 2.05) is 0 Å². The Morgan fingerprint density at radius 3 is 2.75 bits per heavy atom. The Morgan fingerprint density at radius 1 is 1.62 bits per heavy atom. The molecule has 0 amide bonds. The van der Waals surface area contributed by atoms with Crippen molar-refractivity contribution in [1.29, 1.82) is 0 Å². The molecule has 0 atom stereocenters. The highest BCUT2D eigenvalue weighted by atomic mass is 35.5. The van der Waals surface area contributed by atoms with E-state index in [9.17, 15) is 18.4 Å². The van der Waals surface area contributed by atoms with Crippen LogP contribution in [0.2, 0.25) is 5.15 Å². The SMILES string of the molecule is CCOC(=O)c1c(Cl)[nH]cc(C(F)F)c1=O. The van der Waals surface area contributed by atoms with Crippen LogP contribution in [0, 0.1) is 0 Å². The topological polar surface area (TPSA) is 59.2 Å². The molecule has 1 heterocycles. The summed E-state index contributed by atoms with van der Waals surface area (Å²) in [6.07, 6.45) is -2.20. The standard InChI is InChI=1S/C9H8ClF2NO3/c1-2-16-9(15)5-6(14)4(8(11)12)3-13-7(5)10/h3,8H,2H2,1H3,(H,13,14). The van der Waals surface area contributed by atoms with Gasteiger partial charge in [0.2, 0.25) is 5.43 Å². The molecule has 0 aliphatic heterocycles. The largest absolute Gasteiger partial charge is 0.462 e. The summed E-state index contributed by atoms with van der Waals surface area (Å²) in [4.78, 5) is 25.0. The van der Waals surface area contributed by atoms with E-state index in [2.05, 4.69) is 9.72 Å². The number of aromatic amines is 1. The molecule has 16 heavy (non-hydrogen) atoms. The molecule has 0 fully saturated rings. The number of carbonyl (C=O) groups is 1. The molecular formula is C9H8ClF2NO3. The minimum atomic E-state index is -2.98. The van der Waals surface area contributed by atoms with Crippen LogP contribution in [0.25, 0.3) is 0 Å². The quantitative estimate of drug-likeness (QED) is 0.661. The maximum Gasteiger partial charge on any atom is 0.345 e. The minimum Gasteiger partial charge on any atom is -0.462 e.